The van der Waals surface area contributed by atoms with E-state index in [-0.39, 0.29) is 11.6 Å². The Kier molecular flexibility index (Phi) is 4.66. The van der Waals surface area contributed by atoms with Crippen LogP contribution in [0.15, 0.2) is 30.3 Å². The lowest BCUT2D eigenvalue weighted by atomic mass is 10.1. The van der Waals surface area contributed by atoms with Gasteiger partial charge in [-0.1, -0.05) is 13.8 Å². The second-order valence-corrected chi connectivity index (χ2v) is 4.74. The van der Waals surface area contributed by atoms with Crippen molar-refractivity contribution in [2.45, 2.75) is 39.7 Å². The summed E-state index contributed by atoms with van der Waals surface area (Å²) in [6.45, 7) is 4.71. The number of halogens is 1. The Labute approximate surface area is 118 Å². The topological polar surface area (TPSA) is 34.9 Å². The summed E-state index contributed by atoms with van der Waals surface area (Å²) in [5, 5.41) is 4.48. The molecule has 0 bridgehead atoms. The Morgan fingerprint density at radius 1 is 1.20 bits per heavy atom. The van der Waals surface area contributed by atoms with Crippen molar-refractivity contribution in [3.05, 3.63) is 53.1 Å². The number of rotatable bonds is 6. The molecule has 3 nitrogen and oxygen atoms in total. The third kappa shape index (κ3) is 3.32. The SMILES string of the molecule is CCc1cc(CC)n(CCC(=O)c2ccc(F)cc2)n1. The normalized spacial score (nSPS) is 10.8. The second-order valence-electron chi connectivity index (χ2n) is 4.74. The van der Waals surface area contributed by atoms with Gasteiger partial charge in [-0.25, -0.2) is 4.39 Å². The van der Waals surface area contributed by atoms with Crippen molar-refractivity contribution in [1.82, 2.24) is 9.78 Å². The second kappa shape index (κ2) is 6.46. The van der Waals surface area contributed by atoms with Crippen LogP contribution in [0.5, 0.6) is 0 Å². The lowest BCUT2D eigenvalue weighted by Gasteiger charge is -2.05. The van der Waals surface area contributed by atoms with Gasteiger partial charge in [0.25, 0.3) is 0 Å². The first-order valence-corrected chi connectivity index (χ1v) is 6.98. The number of hydrogen-bond acceptors (Lipinski definition) is 2. The Balaban J connectivity index is 2.03. The number of hydrogen-bond donors (Lipinski definition) is 0. The lowest BCUT2D eigenvalue weighted by Crippen LogP contribution is -2.10. The number of benzene rings is 1. The monoisotopic (exact) mass is 274 g/mol. The van der Waals surface area contributed by atoms with Crippen LogP contribution in [-0.2, 0) is 19.4 Å². The van der Waals surface area contributed by atoms with E-state index in [0.29, 0.717) is 18.5 Å². The van der Waals surface area contributed by atoms with Crippen LogP contribution < -0.4 is 0 Å². The fourth-order valence-corrected chi connectivity index (χ4v) is 2.15. The van der Waals surface area contributed by atoms with Crippen molar-refractivity contribution in [2.24, 2.45) is 0 Å². The highest BCUT2D eigenvalue weighted by atomic mass is 19.1. The van der Waals surface area contributed by atoms with Gasteiger partial charge in [0.05, 0.1) is 5.69 Å². The van der Waals surface area contributed by atoms with Gasteiger partial charge in [-0.15, -0.1) is 0 Å². The van der Waals surface area contributed by atoms with Crippen molar-refractivity contribution in [3.8, 4) is 0 Å². The minimum Gasteiger partial charge on any atom is -0.294 e. The molecule has 0 N–H and O–H groups in total. The molecule has 0 aliphatic rings. The van der Waals surface area contributed by atoms with E-state index in [4.69, 9.17) is 0 Å². The maximum absolute atomic E-state index is 12.8. The molecular weight excluding hydrogens is 255 g/mol. The molecule has 1 aromatic carbocycles. The van der Waals surface area contributed by atoms with Crippen LogP contribution in [0.3, 0.4) is 0 Å². The summed E-state index contributed by atoms with van der Waals surface area (Å²) in [6, 6.07) is 7.77. The van der Waals surface area contributed by atoms with Gasteiger partial charge >= 0.3 is 0 Å². The van der Waals surface area contributed by atoms with Gasteiger partial charge in [-0.2, -0.15) is 5.10 Å². The van der Waals surface area contributed by atoms with Crippen molar-refractivity contribution in [1.29, 1.82) is 0 Å². The van der Waals surface area contributed by atoms with E-state index in [1.54, 1.807) is 0 Å². The Bertz CT molecular complexity index is 587. The minimum atomic E-state index is -0.325. The molecular formula is C16H19FN2O. The summed E-state index contributed by atoms with van der Waals surface area (Å²) in [6.07, 6.45) is 2.17. The zero-order valence-electron chi connectivity index (χ0n) is 11.9. The summed E-state index contributed by atoms with van der Waals surface area (Å²) in [5.74, 6) is -0.310. The van der Waals surface area contributed by atoms with E-state index >= 15 is 0 Å². The number of Topliss-reactive ketones (excluding diaryl/α,β-unsaturated/α-hetero) is 1. The molecule has 0 unspecified atom stereocenters. The number of aryl methyl sites for hydroxylation is 3. The summed E-state index contributed by atoms with van der Waals surface area (Å²) in [7, 11) is 0. The molecule has 0 atom stereocenters. The molecule has 0 amide bonds. The van der Waals surface area contributed by atoms with Crippen molar-refractivity contribution in [2.75, 3.05) is 0 Å². The van der Waals surface area contributed by atoms with Crippen molar-refractivity contribution in [3.63, 3.8) is 0 Å². The minimum absolute atomic E-state index is 0.0144. The number of ketones is 1. The molecule has 0 aliphatic heterocycles. The van der Waals surface area contributed by atoms with Crippen LogP contribution in [-0.4, -0.2) is 15.6 Å². The summed E-state index contributed by atoms with van der Waals surface area (Å²) in [5.41, 5.74) is 2.75. The molecule has 1 aromatic heterocycles. The number of carbonyl (C=O) groups excluding carboxylic acids is 1. The molecule has 0 saturated carbocycles. The third-order valence-corrected chi connectivity index (χ3v) is 3.36. The standard InChI is InChI=1S/C16H19FN2O/c1-3-14-11-15(4-2)19(18-14)10-9-16(20)12-5-7-13(17)8-6-12/h5-8,11H,3-4,9-10H2,1-2H3. The molecule has 2 rings (SSSR count). The molecule has 2 aromatic rings. The van der Waals surface area contributed by atoms with Gasteiger partial charge in [-0.3, -0.25) is 9.48 Å². The molecule has 0 saturated heterocycles. The van der Waals surface area contributed by atoms with Crippen molar-refractivity contribution >= 4 is 5.78 Å². The first-order valence-electron chi connectivity index (χ1n) is 6.98. The number of carbonyl (C=O) groups is 1. The highest BCUT2D eigenvalue weighted by Gasteiger charge is 2.09. The third-order valence-electron chi connectivity index (χ3n) is 3.36. The molecule has 0 radical (unpaired) electrons. The fourth-order valence-electron chi connectivity index (χ4n) is 2.15. The summed E-state index contributed by atoms with van der Waals surface area (Å²) in [4.78, 5) is 12.0. The quantitative estimate of drug-likeness (QED) is 0.756. The average molecular weight is 274 g/mol. The highest BCUT2D eigenvalue weighted by molar-refractivity contribution is 5.95. The van der Waals surface area contributed by atoms with Gasteiger partial charge < -0.3 is 0 Å². The molecule has 106 valence electrons. The predicted molar refractivity (Wildman–Crippen MR) is 76.3 cm³/mol. The van der Waals surface area contributed by atoms with E-state index in [0.717, 1.165) is 24.2 Å². The largest absolute Gasteiger partial charge is 0.294 e. The smallest absolute Gasteiger partial charge is 0.164 e. The molecule has 20 heavy (non-hydrogen) atoms. The van der Waals surface area contributed by atoms with Crippen LogP contribution in [0, 0.1) is 5.82 Å². The lowest BCUT2D eigenvalue weighted by molar-refractivity contribution is 0.0975. The molecule has 0 aliphatic carbocycles. The highest BCUT2D eigenvalue weighted by Crippen LogP contribution is 2.10. The van der Waals surface area contributed by atoms with Crippen LogP contribution in [0.2, 0.25) is 0 Å². The van der Waals surface area contributed by atoms with Crippen LogP contribution in [0.25, 0.3) is 0 Å². The molecule has 0 spiro atoms. The van der Waals surface area contributed by atoms with Gasteiger partial charge in [0.2, 0.25) is 0 Å². The Morgan fingerprint density at radius 3 is 2.50 bits per heavy atom. The van der Waals surface area contributed by atoms with Gasteiger partial charge in [0.1, 0.15) is 5.82 Å². The van der Waals surface area contributed by atoms with E-state index in [9.17, 15) is 9.18 Å². The maximum atomic E-state index is 12.8. The van der Waals surface area contributed by atoms with E-state index in [2.05, 4.69) is 25.0 Å². The number of nitrogens with zero attached hydrogens (tertiary/aromatic N) is 2. The summed E-state index contributed by atoms with van der Waals surface area (Å²) >= 11 is 0. The van der Waals surface area contributed by atoms with E-state index in [1.165, 1.54) is 24.3 Å². The molecule has 1 heterocycles. The predicted octanol–water partition coefficient (Wildman–Crippen LogP) is 3.42. The van der Waals surface area contributed by atoms with Gasteiger partial charge in [0.15, 0.2) is 5.78 Å². The molecule has 4 heteroatoms. The van der Waals surface area contributed by atoms with Gasteiger partial charge in [0, 0.05) is 24.2 Å². The first-order chi connectivity index (χ1) is 9.63. The zero-order valence-corrected chi connectivity index (χ0v) is 11.9. The van der Waals surface area contributed by atoms with Gasteiger partial charge in [-0.05, 0) is 43.2 Å². The van der Waals surface area contributed by atoms with E-state index < -0.39 is 0 Å². The van der Waals surface area contributed by atoms with Crippen LogP contribution in [0.1, 0.15) is 42.0 Å². The number of aromatic nitrogens is 2. The fraction of sp³-hybridized carbons (Fsp3) is 0.375. The maximum Gasteiger partial charge on any atom is 0.164 e. The Hall–Kier alpha value is -1.97. The van der Waals surface area contributed by atoms with Crippen LogP contribution in [0.4, 0.5) is 4.39 Å². The Morgan fingerprint density at radius 2 is 1.90 bits per heavy atom. The first kappa shape index (κ1) is 14.4. The van der Waals surface area contributed by atoms with E-state index in [1.807, 2.05) is 4.68 Å². The molecule has 0 fully saturated rings. The summed E-state index contributed by atoms with van der Waals surface area (Å²) < 4.78 is 14.7. The zero-order chi connectivity index (χ0) is 14.5. The average Bonchev–Trinajstić information content (AvgIpc) is 2.88. The van der Waals surface area contributed by atoms with Crippen molar-refractivity contribution < 1.29 is 9.18 Å². The van der Waals surface area contributed by atoms with Crippen LogP contribution >= 0.6 is 0 Å².